The zero-order chi connectivity index (χ0) is 9.94. The number of carbonyl (C=O) groups is 1. The van der Waals surface area contributed by atoms with Crippen LogP contribution in [0.15, 0.2) is 24.3 Å². The van der Waals surface area contributed by atoms with E-state index in [-0.39, 0.29) is 5.91 Å². The van der Waals surface area contributed by atoms with Crippen molar-refractivity contribution in [1.29, 1.82) is 0 Å². The molecule has 1 N–H and O–H groups in total. The Hall–Kier alpha value is -1.05. The van der Waals surface area contributed by atoms with Crippen LogP contribution in [-0.2, 0) is 4.79 Å². The predicted octanol–water partition coefficient (Wildman–Crippen LogP) is 2.43. The molecule has 74 valence electrons. The standard InChI is InChI=1S/C11H19NO/c1-3-4-5-6-7-8-9-10-12-11(2)13/h6-9H,3-5,10H2,1-2H3,(H,12,13)/b7-6+,9-8+. The zero-order valence-electron chi connectivity index (χ0n) is 8.55. The topological polar surface area (TPSA) is 29.1 Å². The summed E-state index contributed by atoms with van der Waals surface area (Å²) in [5, 5.41) is 2.69. The molecule has 0 aliphatic carbocycles. The summed E-state index contributed by atoms with van der Waals surface area (Å²) < 4.78 is 0. The van der Waals surface area contributed by atoms with Gasteiger partial charge in [-0.2, -0.15) is 0 Å². The Morgan fingerprint density at radius 1 is 1.31 bits per heavy atom. The van der Waals surface area contributed by atoms with E-state index < -0.39 is 0 Å². The zero-order valence-corrected chi connectivity index (χ0v) is 8.55. The van der Waals surface area contributed by atoms with Gasteiger partial charge in [0.05, 0.1) is 0 Å². The monoisotopic (exact) mass is 181 g/mol. The number of hydrogen-bond donors (Lipinski definition) is 1. The van der Waals surface area contributed by atoms with Crippen molar-refractivity contribution in [2.75, 3.05) is 6.54 Å². The molecule has 0 saturated heterocycles. The second-order valence-electron chi connectivity index (χ2n) is 2.94. The van der Waals surface area contributed by atoms with Gasteiger partial charge in [0.25, 0.3) is 0 Å². The van der Waals surface area contributed by atoms with E-state index >= 15 is 0 Å². The molecule has 0 aliphatic rings. The van der Waals surface area contributed by atoms with Crippen LogP contribution in [0.25, 0.3) is 0 Å². The smallest absolute Gasteiger partial charge is 0.217 e. The van der Waals surface area contributed by atoms with Gasteiger partial charge in [-0.15, -0.1) is 0 Å². The molecule has 0 spiro atoms. The molecule has 0 aromatic rings. The molecule has 0 saturated carbocycles. The highest BCUT2D eigenvalue weighted by Crippen LogP contribution is 1.94. The molecule has 0 bridgehead atoms. The Kier molecular flexibility index (Phi) is 8.31. The first-order valence-electron chi connectivity index (χ1n) is 4.83. The van der Waals surface area contributed by atoms with Gasteiger partial charge in [-0.25, -0.2) is 0 Å². The third-order valence-corrected chi connectivity index (χ3v) is 1.58. The van der Waals surface area contributed by atoms with E-state index in [9.17, 15) is 4.79 Å². The lowest BCUT2D eigenvalue weighted by molar-refractivity contribution is -0.118. The largest absolute Gasteiger partial charge is 0.353 e. The van der Waals surface area contributed by atoms with E-state index in [4.69, 9.17) is 0 Å². The number of hydrogen-bond acceptors (Lipinski definition) is 1. The fraction of sp³-hybridized carbons (Fsp3) is 0.545. The van der Waals surface area contributed by atoms with Crippen molar-refractivity contribution in [3.05, 3.63) is 24.3 Å². The molecule has 0 atom stereocenters. The summed E-state index contributed by atoms with van der Waals surface area (Å²) in [6, 6.07) is 0. The van der Waals surface area contributed by atoms with E-state index in [1.165, 1.54) is 19.8 Å². The van der Waals surface area contributed by atoms with Gasteiger partial charge in [-0.05, 0) is 6.42 Å². The highest BCUT2D eigenvalue weighted by atomic mass is 16.1. The first kappa shape index (κ1) is 11.9. The van der Waals surface area contributed by atoms with Gasteiger partial charge in [-0.1, -0.05) is 44.1 Å². The molecule has 0 heterocycles. The molecule has 1 amide bonds. The molecule has 0 fully saturated rings. The van der Waals surface area contributed by atoms with Crippen molar-refractivity contribution in [2.24, 2.45) is 0 Å². The minimum absolute atomic E-state index is 0.0135. The van der Waals surface area contributed by atoms with E-state index in [1.807, 2.05) is 18.2 Å². The van der Waals surface area contributed by atoms with Crippen LogP contribution in [0.4, 0.5) is 0 Å². The molecular formula is C11H19NO. The molecule has 0 rings (SSSR count). The van der Waals surface area contributed by atoms with E-state index in [2.05, 4.69) is 18.3 Å². The predicted molar refractivity (Wildman–Crippen MR) is 56.5 cm³/mol. The summed E-state index contributed by atoms with van der Waals surface area (Å²) in [5.41, 5.74) is 0. The van der Waals surface area contributed by atoms with Gasteiger partial charge in [0, 0.05) is 13.5 Å². The average Bonchev–Trinajstić information content (AvgIpc) is 2.09. The Bertz CT molecular complexity index is 183. The first-order chi connectivity index (χ1) is 6.27. The Balaban J connectivity index is 3.29. The fourth-order valence-electron chi connectivity index (χ4n) is 0.846. The number of carbonyl (C=O) groups excluding carboxylic acids is 1. The Labute approximate surface area is 80.7 Å². The lowest BCUT2D eigenvalue weighted by Gasteiger charge is -1.92. The second-order valence-corrected chi connectivity index (χ2v) is 2.94. The molecule has 0 aromatic heterocycles. The molecule has 2 heteroatoms. The third-order valence-electron chi connectivity index (χ3n) is 1.58. The van der Waals surface area contributed by atoms with Gasteiger partial charge in [-0.3, -0.25) is 4.79 Å². The van der Waals surface area contributed by atoms with Gasteiger partial charge in [0.15, 0.2) is 0 Å². The lowest BCUT2D eigenvalue weighted by Crippen LogP contribution is -2.19. The van der Waals surface area contributed by atoms with Crippen LogP contribution in [0.1, 0.15) is 33.1 Å². The Morgan fingerprint density at radius 2 is 2.00 bits per heavy atom. The second kappa shape index (κ2) is 9.04. The number of nitrogens with one attached hydrogen (secondary N) is 1. The van der Waals surface area contributed by atoms with Crippen LogP contribution in [0.5, 0.6) is 0 Å². The SMILES string of the molecule is CCCC/C=C/C=C/CNC(C)=O. The lowest BCUT2D eigenvalue weighted by atomic mass is 10.2. The van der Waals surface area contributed by atoms with Crippen molar-refractivity contribution >= 4 is 5.91 Å². The average molecular weight is 181 g/mol. The van der Waals surface area contributed by atoms with Crippen molar-refractivity contribution in [3.63, 3.8) is 0 Å². The number of unbranched alkanes of at least 4 members (excludes halogenated alkanes) is 2. The minimum Gasteiger partial charge on any atom is -0.353 e. The summed E-state index contributed by atoms with van der Waals surface area (Å²) in [6.45, 7) is 4.32. The molecular weight excluding hydrogens is 162 g/mol. The van der Waals surface area contributed by atoms with Crippen LogP contribution in [0, 0.1) is 0 Å². The molecule has 0 unspecified atom stereocenters. The summed E-state index contributed by atoms with van der Waals surface area (Å²) in [5.74, 6) is 0.0135. The van der Waals surface area contributed by atoms with Crippen LogP contribution >= 0.6 is 0 Å². The van der Waals surface area contributed by atoms with Crippen molar-refractivity contribution in [1.82, 2.24) is 5.32 Å². The Morgan fingerprint density at radius 3 is 2.62 bits per heavy atom. The van der Waals surface area contributed by atoms with Crippen LogP contribution in [0.2, 0.25) is 0 Å². The third kappa shape index (κ3) is 10.9. The van der Waals surface area contributed by atoms with Gasteiger partial charge >= 0.3 is 0 Å². The summed E-state index contributed by atoms with van der Waals surface area (Å²) >= 11 is 0. The number of rotatable bonds is 6. The van der Waals surface area contributed by atoms with Gasteiger partial charge < -0.3 is 5.32 Å². The maximum absolute atomic E-state index is 10.5. The number of amides is 1. The molecule has 0 aliphatic heterocycles. The summed E-state index contributed by atoms with van der Waals surface area (Å²) in [6.07, 6.45) is 11.7. The highest BCUT2D eigenvalue weighted by Gasteiger charge is 1.82. The molecule has 0 radical (unpaired) electrons. The normalized spacial score (nSPS) is 11.2. The summed E-state index contributed by atoms with van der Waals surface area (Å²) in [7, 11) is 0. The maximum atomic E-state index is 10.5. The quantitative estimate of drug-likeness (QED) is 0.495. The fourth-order valence-corrected chi connectivity index (χ4v) is 0.846. The molecule has 0 aromatic carbocycles. The van der Waals surface area contributed by atoms with Crippen molar-refractivity contribution in [2.45, 2.75) is 33.1 Å². The van der Waals surface area contributed by atoms with Crippen LogP contribution in [-0.4, -0.2) is 12.5 Å². The van der Waals surface area contributed by atoms with Gasteiger partial charge in [0.1, 0.15) is 0 Å². The maximum Gasteiger partial charge on any atom is 0.217 e. The van der Waals surface area contributed by atoms with Crippen LogP contribution in [0.3, 0.4) is 0 Å². The van der Waals surface area contributed by atoms with E-state index in [0.717, 1.165) is 6.42 Å². The van der Waals surface area contributed by atoms with E-state index in [1.54, 1.807) is 0 Å². The minimum atomic E-state index is 0.0135. The summed E-state index contributed by atoms with van der Waals surface area (Å²) in [4.78, 5) is 10.5. The van der Waals surface area contributed by atoms with E-state index in [0.29, 0.717) is 6.54 Å². The first-order valence-corrected chi connectivity index (χ1v) is 4.83. The van der Waals surface area contributed by atoms with Crippen molar-refractivity contribution < 1.29 is 4.79 Å². The van der Waals surface area contributed by atoms with Crippen molar-refractivity contribution in [3.8, 4) is 0 Å². The highest BCUT2D eigenvalue weighted by molar-refractivity contribution is 5.72. The van der Waals surface area contributed by atoms with Gasteiger partial charge in [0.2, 0.25) is 5.91 Å². The van der Waals surface area contributed by atoms with Crippen LogP contribution < -0.4 is 5.32 Å². The molecule has 2 nitrogen and oxygen atoms in total. The molecule has 13 heavy (non-hydrogen) atoms. The number of allylic oxidation sites excluding steroid dienone is 3.